The Morgan fingerprint density at radius 2 is 1.01 bits per heavy atom. The molecule has 4 amide bonds. The van der Waals surface area contributed by atoms with E-state index in [2.05, 4.69) is 144 Å². The smallest absolute Gasteiger partial charge is 0.296 e. The van der Waals surface area contributed by atoms with Gasteiger partial charge in [-0.25, -0.2) is 9.97 Å². The van der Waals surface area contributed by atoms with Crippen LogP contribution in [0.1, 0.15) is 139 Å². The lowest BCUT2D eigenvalue weighted by Crippen LogP contribution is -2.42. The van der Waals surface area contributed by atoms with Gasteiger partial charge in [-0.2, -0.15) is 8.42 Å². The Bertz CT molecular complexity index is 4000. The van der Waals surface area contributed by atoms with E-state index in [1.165, 1.54) is 28.1 Å². The van der Waals surface area contributed by atoms with E-state index in [9.17, 15) is 27.6 Å². The van der Waals surface area contributed by atoms with Gasteiger partial charge in [0.25, 0.3) is 10.1 Å². The number of ether oxygens (including phenoxy) is 1. The van der Waals surface area contributed by atoms with E-state index < -0.39 is 26.3 Å². The highest BCUT2D eigenvalue weighted by Gasteiger charge is 2.29. The van der Waals surface area contributed by atoms with Gasteiger partial charge in [-0.15, -0.1) is 22.7 Å². The standard InChI is InChI=1S/C21H27N3OS.C20H23NO4S.C19H32N2O2Si.C17H28N2OSi.C6H7NS/c1-16-15-26-21(22-16)18-10-13-23(14-18)12-9-17-6-2-3-7-19(17)24-11-5-4-8-20(24)25;1-16-9-11-18(12-10-16)26(23,24)25-15-13-17-6-2-3-7-19(17)21-14-5-4-8-20(21)22;1-23-15-20(16-24(2,3)4)14-12-17-9-5-6-10-18(17)21-13-8-7-11-19(21)22;1-21(2,3)14-18-12-11-15-8-4-5-9-16(15)19-13-7-6-10-17(19)20;1-3-6-7-5(2)4-8-6/h2-3,6-7,15,18H,4-5,8-14H2,1H3;2-3,6-7,9-12H,4-5,8,13-15H2,1H3;5-6,9-10H,7-8,11-16H2,1-4H3;4-5,8-9,18H,6-7,10-14H2,1-3H3;3-4H,1H2,2H3. The maximum atomic E-state index is 12.3. The maximum Gasteiger partial charge on any atom is 0.296 e. The Morgan fingerprint density at radius 3 is 1.42 bits per heavy atom. The second-order valence-corrected chi connectivity index (χ2v) is 44.8. The summed E-state index contributed by atoms with van der Waals surface area (Å²) < 4.78 is 35.2. The minimum absolute atomic E-state index is 0.0370. The summed E-state index contributed by atoms with van der Waals surface area (Å²) in [4.78, 5) is 70.6. The van der Waals surface area contributed by atoms with Crippen LogP contribution in [0.2, 0.25) is 39.3 Å². The molecule has 0 spiro atoms. The molecule has 5 fully saturated rings. The number of piperidine rings is 4. The second-order valence-electron chi connectivity index (χ2n) is 30.5. The van der Waals surface area contributed by atoms with E-state index in [0.717, 1.165) is 186 Å². The summed E-state index contributed by atoms with van der Waals surface area (Å²) in [7, 11) is -4.21. The normalized spacial score (nSPS) is 16.7. The average molecular weight is 1520 g/mol. The molecule has 22 heteroatoms. The number of carbonyl (C=O) groups is 4. The summed E-state index contributed by atoms with van der Waals surface area (Å²) in [6, 6.07) is 39.4. The molecule has 5 aliphatic rings. The summed E-state index contributed by atoms with van der Waals surface area (Å²) >= 11 is 3.42. The summed E-state index contributed by atoms with van der Waals surface area (Å²) in [5, 5.41) is 10.0. The third-order valence-corrected chi connectivity index (χ3v) is 25.2. The van der Waals surface area contributed by atoms with Crippen molar-refractivity contribution in [3.05, 3.63) is 188 Å². The molecule has 7 aromatic rings. The number of nitrogens with one attached hydrogen (secondary N) is 1. The van der Waals surface area contributed by atoms with Gasteiger partial charge < -0.3 is 34.6 Å². The molecule has 0 radical (unpaired) electrons. The summed E-state index contributed by atoms with van der Waals surface area (Å²) in [6.07, 6.45) is 19.6. The first-order valence-corrected chi connectivity index (χ1v) is 48.6. The van der Waals surface area contributed by atoms with Crippen LogP contribution in [0.5, 0.6) is 0 Å². The van der Waals surface area contributed by atoms with Gasteiger partial charge >= 0.3 is 0 Å². The fourth-order valence-corrected chi connectivity index (χ4v) is 18.8. The minimum Gasteiger partial charge on any atom is -0.369 e. The molecule has 0 saturated carbocycles. The highest BCUT2D eigenvalue weighted by atomic mass is 32.2. The lowest BCUT2D eigenvalue weighted by Gasteiger charge is -2.30. The molecule has 2 aromatic heterocycles. The number of likely N-dealkylation sites (tertiary alicyclic amines) is 1. The molecule has 105 heavy (non-hydrogen) atoms. The van der Waals surface area contributed by atoms with Crippen LogP contribution in [0.15, 0.2) is 144 Å². The molecule has 0 aliphatic carbocycles. The highest BCUT2D eigenvalue weighted by Crippen LogP contribution is 2.33. The monoisotopic (exact) mass is 1520 g/mol. The van der Waals surface area contributed by atoms with Crippen LogP contribution in [0.4, 0.5) is 22.7 Å². The lowest BCUT2D eigenvalue weighted by molar-refractivity contribution is -0.120. The summed E-state index contributed by atoms with van der Waals surface area (Å²) in [5.74, 6) is 1.54. The van der Waals surface area contributed by atoms with Crippen LogP contribution in [-0.4, -0.2) is 160 Å². The number of thiazole rings is 2. The first-order valence-electron chi connectivity index (χ1n) is 38.0. The molecular weight excluding hydrogens is 1400 g/mol. The van der Waals surface area contributed by atoms with Crippen molar-refractivity contribution < 1.29 is 36.5 Å². The average Bonchev–Trinajstić information content (AvgIpc) is 1.70. The number of amides is 4. The molecule has 1 N–H and O–H groups in total. The van der Waals surface area contributed by atoms with E-state index in [1.54, 1.807) is 65.0 Å². The lowest BCUT2D eigenvalue weighted by atomic mass is 10.0. The molecule has 0 bridgehead atoms. The van der Waals surface area contributed by atoms with Crippen molar-refractivity contribution in [2.75, 3.05) is 111 Å². The third kappa shape index (κ3) is 27.4. The molecule has 5 saturated heterocycles. The largest absolute Gasteiger partial charge is 0.369 e. The molecular formula is C83H117N9O8S3Si2. The van der Waals surface area contributed by atoms with Gasteiger partial charge in [0.15, 0.2) is 0 Å². The Labute approximate surface area is 638 Å². The van der Waals surface area contributed by atoms with Crippen molar-refractivity contribution in [2.24, 2.45) is 0 Å². The highest BCUT2D eigenvalue weighted by molar-refractivity contribution is 7.86. The van der Waals surface area contributed by atoms with Gasteiger partial charge in [0.05, 0.1) is 39.4 Å². The molecule has 1 unspecified atom stereocenters. The van der Waals surface area contributed by atoms with Gasteiger partial charge in [-0.1, -0.05) is 136 Å². The van der Waals surface area contributed by atoms with Crippen LogP contribution in [0.25, 0.3) is 6.08 Å². The molecule has 568 valence electrons. The van der Waals surface area contributed by atoms with Crippen LogP contribution in [0, 0.1) is 20.8 Å². The van der Waals surface area contributed by atoms with Crippen molar-refractivity contribution in [1.82, 2.24) is 25.1 Å². The first kappa shape index (κ1) is 83.8. The third-order valence-electron chi connectivity index (χ3n) is 19.0. The second kappa shape index (κ2) is 42.1. The predicted octanol–water partition coefficient (Wildman–Crippen LogP) is 16.3. The van der Waals surface area contributed by atoms with Crippen molar-refractivity contribution in [3.63, 3.8) is 0 Å². The maximum absolute atomic E-state index is 12.3. The number of hydrogen-bond acceptors (Lipinski definition) is 15. The van der Waals surface area contributed by atoms with Crippen molar-refractivity contribution in [3.8, 4) is 0 Å². The number of aryl methyl sites for hydroxylation is 3. The van der Waals surface area contributed by atoms with Crippen molar-refractivity contribution >= 4 is 101 Å². The number of anilines is 4. The van der Waals surface area contributed by atoms with Crippen LogP contribution in [0.3, 0.4) is 0 Å². The molecule has 5 aromatic carbocycles. The van der Waals surface area contributed by atoms with E-state index in [0.29, 0.717) is 51.3 Å². The zero-order valence-corrected chi connectivity index (χ0v) is 68.8. The van der Waals surface area contributed by atoms with Gasteiger partial charge in [0.2, 0.25) is 23.6 Å². The molecule has 5 aliphatic heterocycles. The van der Waals surface area contributed by atoms with Crippen LogP contribution >= 0.6 is 22.7 Å². The van der Waals surface area contributed by atoms with Crippen LogP contribution in [-0.2, 0) is 63.9 Å². The molecule has 17 nitrogen and oxygen atoms in total. The Morgan fingerprint density at radius 1 is 0.562 bits per heavy atom. The van der Waals surface area contributed by atoms with Crippen LogP contribution < -0.4 is 24.9 Å². The molecule has 7 heterocycles. The Kier molecular flexibility index (Phi) is 33.6. The number of hydrogen-bond donors (Lipinski definition) is 1. The summed E-state index contributed by atoms with van der Waals surface area (Å²) in [5.41, 5.74) is 12.2. The quantitative estimate of drug-likeness (QED) is 0.0235. The fraction of sp³-hybridized carbons (Fsp3) is 0.494. The fourth-order valence-electron chi connectivity index (χ4n) is 13.8. The number of nitrogens with zero attached hydrogens (tertiary/aromatic N) is 8. The SMILES string of the molecule is C=Cc1nc(C)cs1.COCN(CCc1ccccc1N1CCCCC1=O)C[Si](C)(C)C.C[Si](C)(C)CNCCc1ccccc1N1CCCCC1=O.Cc1ccc(S(=O)(=O)OCCc2ccccc2N2CCCCC2=O)cc1.Cc1csc(C2CCN(CCc3ccccc3N3CCCCC3=O)C2)n1. The van der Waals surface area contributed by atoms with E-state index in [4.69, 9.17) is 8.92 Å². The first-order chi connectivity index (χ1) is 50.4. The number of carbonyl (C=O) groups excluding carboxylic acids is 4. The van der Waals surface area contributed by atoms with Gasteiger partial charge in [0, 0.05) is 129 Å². The number of para-hydroxylation sites is 4. The number of methoxy groups -OCH3 is 1. The van der Waals surface area contributed by atoms with Gasteiger partial charge in [-0.3, -0.25) is 28.3 Å². The molecule has 1 atom stereocenters. The minimum atomic E-state index is -3.78. The van der Waals surface area contributed by atoms with E-state index >= 15 is 0 Å². The van der Waals surface area contributed by atoms with Gasteiger partial charge in [0.1, 0.15) is 5.01 Å². The van der Waals surface area contributed by atoms with Crippen molar-refractivity contribution in [2.45, 2.75) is 180 Å². The number of rotatable bonds is 26. The molecule has 12 rings (SSSR count). The summed E-state index contributed by atoms with van der Waals surface area (Å²) in [6.45, 7) is 33.1. The van der Waals surface area contributed by atoms with Crippen molar-refractivity contribution in [1.29, 1.82) is 0 Å². The number of benzene rings is 5. The Balaban J connectivity index is 0.000000171. The topological polar surface area (TPSA) is 178 Å². The van der Waals surface area contributed by atoms with E-state index in [-0.39, 0.29) is 35.1 Å². The van der Waals surface area contributed by atoms with Gasteiger partial charge in [-0.05, 0) is 194 Å². The Hall–Kier alpha value is -6.84. The van der Waals surface area contributed by atoms with E-state index in [1.807, 2.05) is 70.3 Å². The number of aromatic nitrogens is 2. The predicted molar refractivity (Wildman–Crippen MR) is 440 cm³/mol. The zero-order chi connectivity index (χ0) is 75.4. The zero-order valence-electron chi connectivity index (χ0n) is 64.3.